The molecule has 2 aromatic rings. The minimum atomic E-state index is 0.180. The molecule has 1 aliphatic rings. The summed E-state index contributed by atoms with van der Waals surface area (Å²) in [5.74, 6) is 2.64. The lowest BCUT2D eigenvalue weighted by molar-refractivity contribution is 0.174. The molecule has 2 heterocycles. The zero-order valence-corrected chi connectivity index (χ0v) is 11.6. The summed E-state index contributed by atoms with van der Waals surface area (Å²) in [4.78, 5) is 12.1. The molecule has 0 spiro atoms. The first-order chi connectivity index (χ1) is 10.2. The van der Waals surface area contributed by atoms with Gasteiger partial charge < -0.3 is 25.8 Å². The van der Waals surface area contributed by atoms with Gasteiger partial charge in [0.15, 0.2) is 11.5 Å². The van der Waals surface area contributed by atoms with Crippen molar-refractivity contribution in [2.24, 2.45) is 0 Å². The number of aromatic nitrogens is 3. The Morgan fingerprint density at radius 2 is 1.95 bits per heavy atom. The van der Waals surface area contributed by atoms with Gasteiger partial charge in [-0.1, -0.05) is 6.07 Å². The molecule has 0 saturated carbocycles. The van der Waals surface area contributed by atoms with Crippen LogP contribution in [0.4, 0.5) is 17.8 Å². The lowest BCUT2D eigenvalue weighted by atomic mass is 10.1. The standard InChI is InChI=1S/C13H16N6O2/c1-15-12-17-11(14)18-13(19-12)16-5-4-8-2-3-9-10(6-8)21-7-20-9/h2-3,6H,4-5,7H2,1H3,(H4,14,15,16,17,18,19). The van der Waals surface area contributed by atoms with Gasteiger partial charge in [-0.25, -0.2) is 0 Å². The summed E-state index contributed by atoms with van der Waals surface area (Å²) in [6, 6.07) is 5.90. The molecular weight excluding hydrogens is 272 g/mol. The number of nitrogens with two attached hydrogens (primary N) is 1. The van der Waals surface area contributed by atoms with Crippen LogP contribution in [-0.4, -0.2) is 35.3 Å². The van der Waals surface area contributed by atoms with E-state index < -0.39 is 0 Å². The van der Waals surface area contributed by atoms with Crippen molar-refractivity contribution in [3.05, 3.63) is 23.8 Å². The van der Waals surface area contributed by atoms with Crippen LogP contribution in [0.1, 0.15) is 5.56 Å². The van der Waals surface area contributed by atoms with Gasteiger partial charge in [0.1, 0.15) is 0 Å². The molecule has 1 aromatic carbocycles. The van der Waals surface area contributed by atoms with E-state index in [0.717, 1.165) is 23.5 Å². The van der Waals surface area contributed by atoms with E-state index in [1.807, 2.05) is 18.2 Å². The molecule has 8 heteroatoms. The lowest BCUT2D eigenvalue weighted by Gasteiger charge is -2.07. The number of ether oxygens (including phenoxy) is 2. The first-order valence-corrected chi connectivity index (χ1v) is 6.56. The fourth-order valence-corrected chi connectivity index (χ4v) is 2.00. The molecule has 0 unspecified atom stereocenters. The monoisotopic (exact) mass is 288 g/mol. The molecule has 0 aliphatic carbocycles. The van der Waals surface area contributed by atoms with E-state index in [4.69, 9.17) is 15.2 Å². The number of nitrogens with one attached hydrogen (secondary N) is 2. The number of nitrogens with zero attached hydrogens (tertiary/aromatic N) is 3. The van der Waals surface area contributed by atoms with Crippen LogP contribution < -0.4 is 25.8 Å². The van der Waals surface area contributed by atoms with Crippen LogP contribution in [0.5, 0.6) is 11.5 Å². The topological polar surface area (TPSA) is 107 Å². The van der Waals surface area contributed by atoms with Crippen LogP contribution in [0.25, 0.3) is 0 Å². The Morgan fingerprint density at radius 3 is 2.81 bits per heavy atom. The number of rotatable bonds is 5. The van der Waals surface area contributed by atoms with Crippen LogP contribution in [-0.2, 0) is 6.42 Å². The lowest BCUT2D eigenvalue weighted by Crippen LogP contribution is -2.11. The van der Waals surface area contributed by atoms with Crippen molar-refractivity contribution in [1.29, 1.82) is 0 Å². The fraction of sp³-hybridized carbons (Fsp3) is 0.308. The van der Waals surface area contributed by atoms with Crippen molar-refractivity contribution in [1.82, 2.24) is 15.0 Å². The summed E-state index contributed by atoms with van der Waals surface area (Å²) in [5, 5.41) is 5.95. The zero-order chi connectivity index (χ0) is 14.7. The third kappa shape index (κ3) is 3.04. The summed E-state index contributed by atoms with van der Waals surface area (Å²) in [5.41, 5.74) is 6.75. The molecule has 0 bridgehead atoms. The van der Waals surface area contributed by atoms with Gasteiger partial charge in [-0.15, -0.1) is 0 Å². The van der Waals surface area contributed by atoms with Crippen molar-refractivity contribution < 1.29 is 9.47 Å². The second-order valence-corrected chi connectivity index (χ2v) is 4.46. The average molecular weight is 288 g/mol. The third-order valence-corrected chi connectivity index (χ3v) is 3.01. The largest absolute Gasteiger partial charge is 0.454 e. The van der Waals surface area contributed by atoms with E-state index in [0.29, 0.717) is 18.4 Å². The van der Waals surface area contributed by atoms with Gasteiger partial charge in [-0.2, -0.15) is 15.0 Å². The van der Waals surface area contributed by atoms with Gasteiger partial charge in [-0.05, 0) is 24.1 Å². The number of hydrogen-bond acceptors (Lipinski definition) is 8. The summed E-state index contributed by atoms with van der Waals surface area (Å²) in [6.07, 6.45) is 0.803. The Labute approximate surface area is 121 Å². The van der Waals surface area contributed by atoms with Crippen LogP contribution >= 0.6 is 0 Å². The average Bonchev–Trinajstić information content (AvgIpc) is 2.94. The van der Waals surface area contributed by atoms with Crippen molar-refractivity contribution in [2.45, 2.75) is 6.42 Å². The quantitative estimate of drug-likeness (QED) is 0.744. The van der Waals surface area contributed by atoms with Gasteiger partial charge in [-0.3, -0.25) is 0 Å². The Hall–Kier alpha value is -2.77. The molecule has 3 rings (SSSR count). The molecule has 0 atom stereocenters. The molecule has 0 fully saturated rings. The van der Waals surface area contributed by atoms with Crippen molar-refractivity contribution in [2.75, 3.05) is 36.8 Å². The smallest absolute Gasteiger partial charge is 0.231 e. The highest BCUT2D eigenvalue weighted by molar-refractivity contribution is 5.45. The normalized spacial score (nSPS) is 12.2. The van der Waals surface area contributed by atoms with E-state index in [1.54, 1.807) is 7.05 Å². The molecule has 110 valence electrons. The molecule has 4 N–H and O–H groups in total. The summed E-state index contributed by atoms with van der Waals surface area (Å²) in [6.45, 7) is 0.959. The Kier molecular flexibility index (Phi) is 3.59. The minimum absolute atomic E-state index is 0.180. The van der Waals surface area contributed by atoms with Crippen molar-refractivity contribution in [3.63, 3.8) is 0 Å². The van der Waals surface area contributed by atoms with E-state index in [2.05, 4.69) is 25.6 Å². The van der Waals surface area contributed by atoms with Crippen molar-refractivity contribution in [3.8, 4) is 11.5 Å². The number of anilines is 3. The Morgan fingerprint density at radius 1 is 1.14 bits per heavy atom. The summed E-state index contributed by atoms with van der Waals surface area (Å²) >= 11 is 0. The summed E-state index contributed by atoms with van der Waals surface area (Å²) in [7, 11) is 1.73. The van der Waals surface area contributed by atoms with E-state index in [9.17, 15) is 0 Å². The van der Waals surface area contributed by atoms with Gasteiger partial charge in [0.05, 0.1) is 0 Å². The van der Waals surface area contributed by atoms with Crippen LogP contribution in [0.3, 0.4) is 0 Å². The predicted octanol–water partition coefficient (Wildman–Crippen LogP) is 0.879. The summed E-state index contributed by atoms with van der Waals surface area (Å²) < 4.78 is 10.6. The van der Waals surface area contributed by atoms with Gasteiger partial charge >= 0.3 is 0 Å². The minimum Gasteiger partial charge on any atom is -0.454 e. The highest BCUT2D eigenvalue weighted by atomic mass is 16.7. The maximum atomic E-state index is 5.61. The van der Waals surface area contributed by atoms with Gasteiger partial charge in [0.2, 0.25) is 24.6 Å². The second-order valence-electron chi connectivity index (χ2n) is 4.46. The molecule has 1 aromatic heterocycles. The molecule has 21 heavy (non-hydrogen) atoms. The van der Waals surface area contributed by atoms with Gasteiger partial charge in [0, 0.05) is 13.6 Å². The molecule has 0 amide bonds. The molecule has 0 radical (unpaired) electrons. The number of benzene rings is 1. The Balaban J connectivity index is 1.60. The molecule has 8 nitrogen and oxygen atoms in total. The van der Waals surface area contributed by atoms with Crippen LogP contribution in [0, 0.1) is 0 Å². The Bertz CT molecular complexity index is 649. The third-order valence-electron chi connectivity index (χ3n) is 3.01. The molecule has 1 aliphatic heterocycles. The first kappa shape index (κ1) is 13.2. The zero-order valence-electron chi connectivity index (χ0n) is 11.6. The second kappa shape index (κ2) is 5.70. The van der Waals surface area contributed by atoms with E-state index in [1.165, 1.54) is 0 Å². The maximum Gasteiger partial charge on any atom is 0.231 e. The fourth-order valence-electron chi connectivity index (χ4n) is 2.00. The maximum absolute atomic E-state index is 5.61. The number of fused-ring (bicyclic) bond motifs is 1. The van der Waals surface area contributed by atoms with Crippen molar-refractivity contribution >= 4 is 17.8 Å². The molecular formula is C13H16N6O2. The van der Waals surface area contributed by atoms with E-state index >= 15 is 0 Å². The molecule has 0 saturated heterocycles. The first-order valence-electron chi connectivity index (χ1n) is 6.56. The highest BCUT2D eigenvalue weighted by Gasteiger charge is 2.13. The predicted molar refractivity (Wildman–Crippen MR) is 78.5 cm³/mol. The van der Waals surface area contributed by atoms with Crippen LogP contribution in [0.15, 0.2) is 18.2 Å². The van der Waals surface area contributed by atoms with E-state index in [-0.39, 0.29) is 12.7 Å². The number of hydrogen-bond donors (Lipinski definition) is 3. The SMILES string of the molecule is CNc1nc(N)nc(NCCc2ccc3c(c2)OCO3)n1. The number of nitrogen functional groups attached to an aromatic ring is 1. The van der Waals surface area contributed by atoms with Gasteiger partial charge in [0.25, 0.3) is 0 Å². The highest BCUT2D eigenvalue weighted by Crippen LogP contribution is 2.32. The van der Waals surface area contributed by atoms with Crippen LogP contribution in [0.2, 0.25) is 0 Å².